The molecule has 0 unspecified atom stereocenters. The molecule has 32 heavy (non-hydrogen) atoms. The van der Waals surface area contributed by atoms with Crippen LogP contribution in [0.1, 0.15) is 19.4 Å². The third kappa shape index (κ3) is 5.81. The van der Waals surface area contributed by atoms with Crippen molar-refractivity contribution >= 4 is 17.3 Å². The Labute approximate surface area is 192 Å². The van der Waals surface area contributed by atoms with Gasteiger partial charge >= 0.3 is 0 Å². The topological polar surface area (TPSA) is 42.1 Å². The highest BCUT2D eigenvalue weighted by Crippen LogP contribution is 2.20. The fourth-order valence-electron chi connectivity index (χ4n) is 4.64. The van der Waals surface area contributed by atoms with Crippen LogP contribution in [-0.2, 0) is 11.3 Å². The van der Waals surface area contributed by atoms with Crippen molar-refractivity contribution in [1.82, 2.24) is 14.7 Å². The number of likely N-dealkylation sites (N-methyl/N-ethyl adjacent to an activating group) is 1. The minimum Gasteiger partial charge on any atom is -0.374 e. The van der Waals surface area contributed by atoms with Crippen LogP contribution in [0.3, 0.4) is 0 Å². The summed E-state index contributed by atoms with van der Waals surface area (Å²) in [5.74, 6) is 0.184. The lowest BCUT2D eigenvalue weighted by Crippen LogP contribution is -2.51. The summed E-state index contributed by atoms with van der Waals surface area (Å²) in [6, 6.07) is 18.9. The van der Waals surface area contributed by atoms with Gasteiger partial charge in [-0.1, -0.05) is 37.3 Å². The minimum atomic E-state index is -0.227. The van der Waals surface area contributed by atoms with Crippen molar-refractivity contribution < 1.29 is 4.79 Å². The molecule has 0 bridgehead atoms. The summed E-state index contributed by atoms with van der Waals surface area (Å²) < 4.78 is 0. The predicted octanol–water partition coefficient (Wildman–Crippen LogP) is 2.97. The highest BCUT2D eigenvalue weighted by Gasteiger charge is 2.25. The van der Waals surface area contributed by atoms with Gasteiger partial charge in [-0.25, -0.2) is 0 Å². The first-order valence-electron chi connectivity index (χ1n) is 12.0. The first kappa shape index (κ1) is 22.6. The number of rotatable bonds is 7. The molecule has 2 fully saturated rings. The van der Waals surface area contributed by atoms with E-state index >= 15 is 0 Å². The van der Waals surface area contributed by atoms with Crippen LogP contribution in [0.15, 0.2) is 54.6 Å². The summed E-state index contributed by atoms with van der Waals surface area (Å²) in [4.78, 5) is 22.3. The number of amides is 1. The van der Waals surface area contributed by atoms with Gasteiger partial charge in [0.2, 0.25) is 5.91 Å². The van der Waals surface area contributed by atoms with E-state index in [2.05, 4.69) is 81.5 Å². The number of nitrogens with one attached hydrogen (secondary N) is 1. The Morgan fingerprint density at radius 2 is 1.47 bits per heavy atom. The van der Waals surface area contributed by atoms with Crippen LogP contribution < -0.4 is 10.2 Å². The molecule has 2 aliphatic rings. The van der Waals surface area contributed by atoms with Crippen molar-refractivity contribution in [2.45, 2.75) is 26.4 Å². The molecule has 0 aromatic heterocycles. The maximum atomic E-state index is 13.0. The van der Waals surface area contributed by atoms with Crippen LogP contribution in [0.25, 0.3) is 0 Å². The van der Waals surface area contributed by atoms with E-state index in [0.29, 0.717) is 0 Å². The van der Waals surface area contributed by atoms with E-state index in [1.54, 1.807) is 0 Å². The van der Waals surface area contributed by atoms with E-state index in [0.717, 1.165) is 71.1 Å². The largest absolute Gasteiger partial charge is 0.374 e. The Kier molecular flexibility index (Phi) is 7.66. The van der Waals surface area contributed by atoms with Gasteiger partial charge in [-0.05, 0) is 43.3 Å². The van der Waals surface area contributed by atoms with Crippen molar-refractivity contribution in [3.63, 3.8) is 0 Å². The Hall–Kier alpha value is -2.57. The normalized spacial score (nSPS) is 19.1. The lowest BCUT2D eigenvalue weighted by Gasteiger charge is -2.36. The van der Waals surface area contributed by atoms with Crippen LogP contribution >= 0.6 is 0 Å². The fraction of sp³-hybridized carbons (Fsp3) is 0.500. The number of piperazine rings is 2. The first-order valence-corrected chi connectivity index (χ1v) is 12.0. The molecular weight excluding hydrogens is 398 g/mol. The summed E-state index contributed by atoms with van der Waals surface area (Å²) in [5.41, 5.74) is 3.60. The SMILES string of the molecule is CCN1CCN(c2ccc(N[C@H](C)C(=O)N3CCN(Cc4ccccc4)CC3)cc2)CC1. The molecule has 0 spiro atoms. The fourth-order valence-corrected chi connectivity index (χ4v) is 4.64. The van der Waals surface area contributed by atoms with Crippen molar-refractivity contribution in [3.8, 4) is 0 Å². The highest BCUT2D eigenvalue weighted by atomic mass is 16.2. The van der Waals surface area contributed by atoms with Crippen molar-refractivity contribution in [2.75, 3.05) is 69.1 Å². The van der Waals surface area contributed by atoms with E-state index in [4.69, 9.17) is 0 Å². The van der Waals surface area contributed by atoms with Crippen LogP contribution in [0.5, 0.6) is 0 Å². The number of anilines is 2. The van der Waals surface area contributed by atoms with Gasteiger partial charge in [0, 0.05) is 70.3 Å². The molecule has 2 aromatic carbocycles. The summed E-state index contributed by atoms with van der Waals surface area (Å²) in [7, 11) is 0. The Balaban J connectivity index is 1.23. The van der Waals surface area contributed by atoms with Crippen molar-refractivity contribution in [1.29, 1.82) is 0 Å². The van der Waals surface area contributed by atoms with E-state index in [1.165, 1.54) is 11.3 Å². The smallest absolute Gasteiger partial charge is 0.244 e. The second-order valence-electron chi connectivity index (χ2n) is 8.92. The molecule has 0 saturated carbocycles. The molecule has 2 heterocycles. The average Bonchev–Trinajstić information content (AvgIpc) is 2.85. The summed E-state index contributed by atoms with van der Waals surface area (Å²) in [5, 5.41) is 3.40. The van der Waals surface area contributed by atoms with Crippen LogP contribution in [0.4, 0.5) is 11.4 Å². The summed E-state index contributed by atoms with van der Waals surface area (Å²) >= 11 is 0. The molecule has 1 atom stereocenters. The summed E-state index contributed by atoms with van der Waals surface area (Å²) in [6.07, 6.45) is 0. The molecule has 6 heteroatoms. The van der Waals surface area contributed by atoms with E-state index < -0.39 is 0 Å². The second kappa shape index (κ2) is 10.8. The first-order chi connectivity index (χ1) is 15.6. The predicted molar refractivity (Wildman–Crippen MR) is 132 cm³/mol. The average molecular weight is 436 g/mol. The number of carbonyl (C=O) groups excluding carboxylic acids is 1. The number of carbonyl (C=O) groups is 1. The zero-order valence-corrected chi connectivity index (χ0v) is 19.5. The van der Waals surface area contributed by atoms with Gasteiger partial charge in [0.15, 0.2) is 0 Å². The van der Waals surface area contributed by atoms with Gasteiger partial charge < -0.3 is 20.0 Å². The molecule has 0 radical (unpaired) electrons. The molecule has 1 amide bonds. The van der Waals surface area contributed by atoms with Crippen LogP contribution in [0, 0.1) is 0 Å². The van der Waals surface area contributed by atoms with Gasteiger partial charge in [-0.3, -0.25) is 9.69 Å². The summed E-state index contributed by atoms with van der Waals surface area (Å²) in [6.45, 7) is 14.1. The minimum absolute atomic E-state index is 0.184. The van der Waals surface area contributed by atoms with Crippen molar-refractivity contribution in [3.05, 3.63) is 60.2 Å². The van der Waals surface area contributed by atoms with Gasteiger partial charge in [-0.2, -0.15) is 0 Å². The van der Waals surface area contributed by atoms with E-state index in [1.807, 2.05) is 11.8 Å². The lowest BCUT2D eigenvalue weighted by molar-refractivity contribution is -0.133. The molecule has 1 N–H and O–H groups in total. The standard InChI is InChI=1S/C26H37N5O/c1-3-28-13-17-30(18-14-28)25-11-9-24(10-12-25)27-22(2)26(32)31-19-15-29(16-20-31)21-23-7-5-4-6-8-23/h4-12,22,27H,3,13-21H2,1-2H3/t22-/m1/s1. The Morgan fingerprint density at radius 1 is 0.844 bits per heavy atom. The molecule has 6 nitrogen and oxygen atoms in total. The zero-order chi connectivity index (χ0) is 22.3. The number of benzene rings is 2. The lowest BCUT2D eigenvalue weighted by atomic mass is 10.2. The maximum absolute atomic E-state index is 13.0. The molecule has 172 valence electrons. The molecule has 4 rings (SSSR count). The van der Waals surface area contributed by atoms with Gasteiger partial charge in [0.1, 0.15) is 6.04 Å². The maximum Gasteiger partial charge on any atom is 0.244 e. The Morgan fingerprint density at radius 3 is 2.09 bits per heavy atom. The van der Waals surface area contributed by atoms with Gasteiger partial charge in [-0.15, -0.1) is 0 Å². The highest BCUT2D eigenvalue weighted by molar-refractivity contribution is 5.84. The monoisotopic (exact) mass is 435 g/mol. The molecule has 2 saturated heterocycles. The van der Waals surface area contributed by atoms with Crippen LogP contribution in [-0.4, -0.2) is 85.6 Å². The van der Waals surface area contributed by atoms with E-state index in [-0.39, 0.29) is 11.9 Å². The zero-order valence-electron chi connectivity index (χ0n) is 19.5. The molecule has 2 aromatic rings. The van der Waals surface area contributed by atoms with Gasteiger partial charge in [0.05, 0.1) is 0 Å². The third-order valence-corrected chi connectivity index (χ3v) is 6.74. The van der Waals surface area contributed by atoms with Gasteiger partial charge in [0.25, 0.3) is 0 Å². The molecule has 2 aliphatic heterocycles. The molecule has 0 aliphatic carbocycles. The number of hydrogen-bond acceptors (Lipinski definition) is 5. The van der Waals surface area contributed by atoms with Crippen molar-refractivity contribution in [2.24, 2.45) is 0 Å². The van der Waals surface area contributed by atoms with E-state index in [9.17, 15) is 4.79 Å². The third-order valence-electron chi connectivity index (χ3n) is 6.74. The molecular formula is C26H37N5O. The second-order valence-corrected chi connectivity index (χ2v) is 8.92. The number of nitrogens with zero attached hydrogens (tertiary/aromatic N) is 4. The Bertz CT molecular complexity index is 840. The van der Waals surface area contributed by atoms with Crippen LogP contribution in [0.2, 0.25) is 0 Å². The quantitative estimate of drug-likeness (QED) is 0.724. The number of hydrogen-bond donors (Lipinski definition) is 1.